The Morgan fingerprint density at radius 2 is 2.20 bits per heavy atom. The van der Waals surface area contributed by atoms with E-state index in [0.717, 1.165) is 12.0 Å². The molecule has 2 aromatic rings. The number of hydrogen-bond acceptors (Lipinski definition) is 6. The van der Waals surface area contributed by atoms with Crippen LogP contribution < -0.4 is 10.7 Å². The summed E-state index contributed by atoms with van der Waals surface area (Å²) in [5.74, 6) is 0.00966. The molecule has 0 saturated carbocycles. The Morgan fingerprint density at radius 3 is 2.85 bits per heavy atom. The van der Waals surface area contributed by atoms with Crippen molar-refractivity contribution >= 4 is 0 Å². The van der Waals surface area contributed by atoms with Gasteiger partial charge in [0.25, 0.3) is 0 Å². The predicted octanol–water partition coefficient (Wildman–Crippen LogP) is 0.873. The largest absolute Gasteiger partial charge is 0.502 e. The zero-order valence-electron chi connectivity index (χ0n) is 11.8. The number of aromatic hydroxyl groups is 1. The van der Waals surface area contributed by atoms with Crippen LogP contribution in [0.3, 0.4) is 0 Å². The first-order chi connectivity index (χ1) is 9.33. The van der Waals surface area contributed by atoms with E-state index >= 15 is 0 Å². The second-order valence-electron chi connectivity index (χ2n) is 5.61. The lowest BCUT2D eigenvalue weighted by Gasteiger charge is -2.19. The Morgan fingerprint density at radius 1 is 1.45 bits per heavy atom. The maximum Gasteiger partial charge on any atom is 0.226 e. The molecule has 0 radical (unpaired) electrons. The highest BCUT2D eigenvalue weighted by Crippen LogP contribution is 2.06. The van der Waals surface area contributed by atoms with Gasteiger partial charge in [0.2, 0.25) is 5.43 Å². The monoisotopic (exact) mass is 278 g/mol. The summed E-state index contributed by atoms with van der Waals surface area (Å²) < 4.78 is 6.69. The maximum atomic E-state index is 11.3. The Bertz CT molecular complexity index is 640. The number of nitrogens with one attached hydrogen (secondary N) is 1. The highest BCUT2D eigenvalue weighted by molar-refractivity contribution is 5.15. The quantitative estimate of drug-likeness (QED) is 0.862. The van der Waals surface area contributed by atoms with Gasteiger partial charge in [-0.15, -0.1) is 5.10 Å². The summed E-state index contributed by atoms with van der Waals surface area (Å²) in [7, 11) is 0. The molecule has 0 bridgehead atoms. The zero-order chi connectivity index (χ0) is 14.8. The van der Waals surface area contributed by atoms with E-state index in [4.69, 9.17) is 9.52 Å². The molecule has 7 heteroatoms. The van der Waals surface area contributed by atoms with E-state index < -0.39 is 11.2 Å². The van der Waals surface area contributed by atoms with E-state index in [1.807, 2.05) is 0 Å². The topological polar surface area (TPSA) is 93.2 Å². The third-order valence-corrected chi connectivity index (χ3v) is 2.57. The van der Waals surface area contributed by atoms with Crippen LogP contribution in [0, 0.1) is 0 Å². The molecule has 0 aliphatic heterocycles. The summed E-state index contributed by atoms with van der Waals surface area (Å²) in [4.78, 5) is 11.3. The summed E-state index contributed by atoms with van der Waals surface area (Å²) >= 11 is 0. The lowest BCUT2D eigenvalue weighted by molar-refractivity contribution is 0.403. The third kappa shape index (κ3) is 3.92. The highest BCUT2D eigenvalue weighted by Gasteiger charge is 2.10. The average molecular weight is 278 g/mol. The van der Waals surface area contributed by atoms with Gasteiger partial charge in [0.1, 0.15) is 18.6 Å². The molecule has 7 nitrogen and oxygen atoms in total. The zero-order valence-corrected chi connectivity index (χ0v) is 11.8. The van der Waals surface area contributed by atoms with Crippen molar-refractivity contribution in [3.63, 3.8) is 0 Å². The van der Waals surface area contributed by atoms with Crippen molar-refractivity contribution in [3.05, 3.63) is 40.2 Å². The van der Waals surface area contributed by atoms with Crippen molar-refractivity contribution in [1.82, 2.24) is 20.3 Å². The van der Waals surface area contributed by atoms with Gasteiger partial charge >= 0.3 is 0 Å². The molecule has 0 aliphatic rings. The summed E-state index contributed by atoms with van der Waals surface area (Å²) in [6.45, 7) is 7.12. The normalized spacial score (nSPS) is 11.8. The molecule has 2 N–H and O–H groups in total. The molecule has 2 heterocycles. The van der Waals surface area contributed by atoms with Crippen LogP contribution in [0.5, 0.6) is 5.75 Å². The molecule has 2 rings (SSSR count). The van der Waals surface area contributed by atoms with E-state index in [1.165, 1.54) is 6.07 Å². The standard InChI is InChI=1S/C13H18N4O3/c1-13(2,3)14-5-9-6-17(16-15-9)7-10-4-11(18)12(19)8-20-10/h4,6,8,14,19H,5,7H2,1-3H3. The molecule has 20 heavy (non-hydrogen) atoms. The molecule has 0 saturated heterocycles. The second kappa shape index (κ2) is 5.46. The van der Waals surface area contributed by atoms with Crippen LogP contribution in [-0.4, -0.2) is 25.6 Å². The SMILES string of the molecule is CC(C)(C)NCc1cn(Cc2cc(=O)c(O)co2)nn1. The predicted molar refractivity (Wildman–Crippen MR) is 72.4 cm³/mol. The number of hydrogen-bond donors (Lipinski definition) is 2. The summed E-state index contributed by atoms with van der Waals surface area (Å²) in [6, 6.07) is 1.24. The Kier molecular flexibility index (Phi) is 3.89. The molecule has 0 aromatic carbocycles. The molecule has 0 spiro atoms. The van der Waals surface area contributed by atoms with Crippen molar-refractivity contribution in [3.8, 4) is 5.75 Å². The van der Waals surface area contributed by atoms with Gasteiger partial charge in [-0.3, -0.25) is 4.79 Å². The van der Waals surface area contributed by atoms with Crippen molar-refractivity contribution in [2.45, 2.75) is 39.4 Å². The third-order valence-electron chi connectivity index (χ3n) is 2.57. The van der Waals surface area contributed by atoms with E-state index in [0.29, 0.717) is 12.3 Å². The van der Waals surface area contributed by atoms with Gasteiger partial charge in [0.05, 0.1) is 11.9 Å². The first-order valence-electron chi connectivity index (χ1n) is 6.28. The molecule has 0 amide bonds. The van der Waals surface area contributed by atoms with Gasteiger partial charge in [-0.2, -0.15) is 0 Å². The molecular weight excluding hydrogens is 260 g/mol. The van der Waals surface area contributed by atoms with Crippen molar-refractivity contribution < 1.29 is 9.52 Å². The fourth-order valence-electron chi connectivity index (χ4n) is 1.54. The lowest BCUT2D eigenvalue weighted by atomic mass is 10.1. The Balaban J connectivity index is 2.02. The van der Waals surface area contributed by atoms with Crippen LogP contribution in [0.4, 0.5) is 0 Å². The smallest absolute Gasteiger partial charge is 0.226 e. The van der Waals surface area contributed by atoms with Crippen molar-refractivity contribution in [1.29, 1.82) is 0 Å². The maximum absolute atomic E-state index is 11.3. The lowest BCUT2D eigenvalue weighted by Crippen LogP contribution is -2.35. The number of rotatable bonds is 4. The minimum Gasteiger partial charge on any atom is -0.502 e. The summed E-state index contributed by atoms with van der Waals surface area (Å²) in [5.41, 5.74) is 0.343. The highest BCUT2D eigenvalue weighted by atomic mass is 16.4. The minimum absolute atomic E-state index is 0.00747. The van der Waals surface area contributed by atoms with Crippen LogP contribution in [-0.2, 0) is 13.1 Å². The fourth-order valence-corrected chi connectivity index (χ4v) is 1.54. The van der Waals surface area contributed by atoms with Gasteiger partial charge in [-0.25, -0.2) is 4.68 Å². The molecule has 0 fully saturated rings. The van der Waals surface area contributed by atoms with Gasteiger partial charge in [-0.1, -0.05) is 5.21 Å². The first kappa shape index (κ1) is 14.3. The van der Waals surface area contributed by atoms with E-state index in [-0.39, 0.29) is 12.1 Å². The Hall–Kier alpha value is -2.15. The molecule has 108 valence electrons. The molecule has 0 atom stereocenters. The molecular formula is C13H18N4O3. The molecule has 2 aromatic heterocycles. The van der Waals surface area contributed by atoms with E-state index in [2.05, 4.69) is 36.4 Å². The number of nitrogens with zero attached hydrogens (tertiary/aromatic N) is 3. The van der Waals surface area contributed by atoms with Crippen LogP contribution in [0.15, 0.2) is 27.7 Å². The van der Waals surface area contributed by atoms with E-state index in [1.54, 1.807) is 10.9 Å². The van der Waals surface area contributed by atoms with Gasteiger partial charge in [0.15, 0.2) is 5.75 Å². The van der Waals surface area contributed by atoms with Crippen LogP contribution in [0.1, 0.15) is 32.2 Å². The van der Waals surface area contributed by atoms with Gasteiger partial charge in [-0.05, 0) is 20.8 Å². The Labute approximate surface area is 116 Å². The average Bonchev–Trinajstić information content (AvgIpc) is 2.78. The van der Waals surface area contributed by atoms with Gasteiger partial charge in [0, 0.05) is 18.2 Å². The molecule has 0 unspecified atom stereocenters. The second-order valence-corrected chi connectivity index (χ2v) is 5.61. The summed E-state index contributed by atoms with van der Waals surface area (Å²) in [5, 5.41) is 20.4. The van der Waals surface area contributed by atoms with Gasteiger partial charge < -0.3 is 14.8 Å². The number of aromatic nitrogens is 3. The van der Waals surface area contributed by atoms with E-state index in [9.17, 15) is 4.79 Å². The van der Waals surface area contributed by atoms with Crippen LogP contribution >= 0.6 is 0 Å². The van der Waals surface area contributed by atoms with Crippen molar-refractivity contribution in [2.75, 3.05) is 0 Å². The van der Waals surface area contributed by atoms with Crippen LogP contribution in [0.2, 0.25) is 0 Å². The molecule has 0 aliphatic carbocycles. The fraction of sp³-hybridized carbons (Fsp3) is 0.462. The first-order valence-corrected chi connectivity index (χ1v) is 6.28. The minimum atomic E-state index is -0.471. The summed E-state index contributed by atoms with van der Waals surface area (Å²) in [6.07, 6.45) is 2.81. The van der Waals surface area contributed by atoms with Crippen molar-refractivity contribution in [2.24, 2.45) is 0 Å². The van der Waals surface area contributed by atoms with Crippen LogP contribution in [0.25, 0.3) is 0 Å².